The number of aromatic hydroxyl groups is 1. The van der Waals surface area contributed by atoms with Gasteiger partial charge >= 0.3 is 0 Å². The molecule has 0 atom stereocenters. The molecule has 0 amide bonds. The molecule has 0 unspecified atom stereocenters. The number of benzene rings is 1. The maximum atomic E-state index is 9.42. The molecular formula is C14H21NO. The van der Waals surface area contributed by atoms with Crippen LogP contribution in [0.4, 0.5) is 5.69 Å². The first-order valence-corrected chi connectivity index (χ1v) is 6.36. The van der Waals surface area contributed by atoms with Crippen molar-refractivity contribution < 1.29 is 5.11 Å². The van der Waals surface area contributed by atoms with Gasteiger partial charge in [0.1, 0.15) is 5.75 Å². The Labute approximate surface area is 97.5 Å². The lowest BCUT2D eigenvalue weighted by Gasteiger charge is -2.20. The van der Waals surface area contributed by atoms with Gasteiger partial charge in [0.25, 0.3) is 0 Å². The summed E-state index contributed by atoms with van der Waals surface area (Å²) in [5.74, 6) is 0.845. The van der Waals surface area contributed by atoms with E-state index in [9.17, 15) is 5.11 Å². The molecule has 0 bridgehead atoms. The normalized spacial score (nSPS) is 19.0. The van der Waals surface area contributed by atoms with Crippen molar-refractivity contribution in [1.82, 2.24) is 0 Å². The van der Waals surface area contributed by atoms with Crippen LogP contribution >= 0.6 is 0 Å². The van der Waals surface area contributed by atoms with Crippen molar-refractivity contribution in [2.75, 3.05) is 5.73 Å². The van der Waals surface area contributed by atoms with E-state index < -0.39 is 0 Å². The molecule has 0 heterocycles. The van der Waals surface area contributed by atoms with Crippen LogP contribution in [0.5, 0.6) is 5.75 Å². The minimum atomic E-state index is 0.203. The average molecular weight is 219 g/mol. The smallest absolute Gasteiger partial charge is 0.138 e. The molecule has 2 nitrogen and oxygen atoms in total. The van der Waals surface area contributed by atoms with E-state index in [-0.39, 0.29) is 5.75 Å². The molecule has 1 aromatic carbocycles. The Morgan fingerprint density at radius 1 is 1.00 bits per heavy atom. The topological polar surface area (TPSA) is 46.2 Å². The van der Waals surface area contributed by atoms with Crippen molar-refractivity contribution >= 4 is 5.69 Å². The zero-order valence-corrected chi connectivity index (χ0v) is 9.78. The van der Waals surface area contributed by atoms with Crippen molar-refractivity contribution in [3.63, 3.8) is 0 Å². The van der Waals surface area contributed by atoms with E-state index in [0.29, 0.717) is 11.6 Å². The first kappa shape index (κ1) is 11.3. The lowest BCUT2D eigenvalue weighted by Crippen LogP contribution is -2.03. The van der Waals surface area contributed by atoms with Gasteiger partial charge in [0.15, 0.2) is 0 Å². The summed E-state index contributed by atoms with van der Waals surface area (Å²) in [7, 11) is 0. The van der Waals surface area contributed by atoms with Crippen LogP contribution in [0.25, 0.3) is 0 Å². The Kier molecular flexibility index (Phi) is 3.70. The molecule has 1 aromatic rings. The highest BCUT2D eigenvalue weighted by Gasteiger charge is 2.14. The van der Waals surface area contributed by atoms with Gasteiger partial charge in [-0.05, 0) is 36.5 Å². The second-order valence-electron chi connectivity index (χ2n) is 4.86. The van der Waals surface area contributed by atoms with E-state index >= 15 is 0 Å². The highest BCUT2D eigenvalue weighted by molar-refractivity contribution is 5.53. The molecule has 2 rings (SSSR count). The quantitative estimate of drug-likeness (QED) is 0.557. The van der Waals surface area contributed by atoms with Crippen LogP contribution < -0.4 is 5.73 Å². The van der Waals surface area contributed by atoms with E-state index in [1.807, 2.05) is 12.1 Å². The molecule has 2 heteroatoms. The van der Waals surface area contributed by atoms with Crippen molar-refractivity contribution in [1.29, 1.82) is 0 Å². The van der Waals surface area contributed by atoms with E-state index in [2.05, 4.69) is 0 Å². The van der Waals surface area contributed by atoms with Crippen LogP contribution in [-0.2, 0) is 0 Å². The Hall–Kier alpha value is -1.18. The fraction of sp³-hybridized carbons (Fsp3) is 0.571. The van der Waals surface area contributed by atoms with Gasteiger partial charge in [0.2, 0.25) is 0 Å². The number of nitrogens with two attached hydrogens (primary N) is 1. The summed E-state index contributed by atoms with van der Waals surface area (Å²) in [4.78, 5) is 0. The van der Waals surface area contributed by atoms with Gasteiger partial charge in [0, 0.05) is 0 Å². The molecule has 1 fully saturated rings. The fourth-order valence-electron chi connectivity index (χ4n) is 2.62. The van der Waals surface area contributed by atoms with E-state index in [0.717, 1.165) is 0 Å². The second kappa shape index (κ2) is 5.24. The second-order valence-corrected chi connectivity index (χ2v) is 4.86. The third-order valence-corrected chi connectivity index (χ3v) is 3.63. The van der Waals surface area contributed by atoms with Crippen molar-refractivity contribution in [3.8, 4) is 5.75 Å². The fourth-order valence-corrected chi connectivity index (χ4v) is 2.62. The summed E-state index contributed by atoms with van der Waals surface area (Å²) < 4.78 is 0. The molecule has 1 aliphatic rings. The molecule has 88 valence electrons. The number of hydrogen-bond acceptors (Lipinski definition) is 2. The van der Waals surface area contributed by atoms with Gasteiger partial charge in [-0.1, -0.05) is 38.2 Å². The maximum Gasteiger partial charge on any atom is 0.138 e. The Morgan fingerprint density at radius 3 is 2.25 bits per heavy atom. The monoisotopic (exact) mass is 219 g/mol. The molecule has 0 radical (unpaired) electrons. The van der Waals surface area contributed by atoms with Crippen molar-refractivity contribution in [2.24, 2.45) is 0 Å². The van der Waals surface area contributed by atoms with Gasteiger partial charge in [0.05, 0.1) is 5.69 Å². The standard InChI is InChI=1S/C14H21NO/c15-13-10-12(8-9-14(13)16)11-6-4-2-1-3-5-7-11/h8-11,16H,1-7,15H2. The summed E-state index contributed by atoms with van der Waals surface area (Å²) in [6.07, 6.45) is 9.31. The predicted molar refractivity (Wildman–Crippen MR) is 67.6 cm³/mol. The summed E-state index contributed by atoms with van der Waals surface area (Å²) in [6, 6.07) is 5.70. The first-order valence-electron chi connectivity index (χ1n) is 6.36. The molecule has 0 saturated heterocycles. The third kappa shape index (κ3) is 2.69. The van der Waals surface area contributed by atoms with Gasteiger partial charge < -0.3 is 10.8 Å². The predicted octanol–water partition coefficient (Wildman–Crippen LogP) is 3.80. The molecule has 1 saturated carbocycles. The average Bonchev–Trinajstić information content (AvgIpc) is 2.22. The number of rotatable bonds is 1. The summed E-state index contributed by atoms with van der Waals surface area (Å²) in [5.41, 5.74) is 7.56. The largest absolute Gasteiger partial charge is 0.506 e. The van der Waals surface area contributed by atoms with Gasteiger partial charge in [-0.15, -0.1) is 0 Å². The first-order chi connectivity index (χ1) is 7.77. The minimum Gasteiger partial charge on any atom is -0.506 e. The van der Waals surface area contributed by atoms with Crippen LogP contribution in [0.2, 0.25) is 0 Å². The number of hydrogen-bond donors (Lipinski definition) is 2. The van der Waals surface area contributed by atoms with Crippen LogP contribution in [0.3, 0.4) is 0 Å². The SMILES string of the molecule is Nc1cc(C2CCCCCCC2)ccc1O. The van der Waals surface area contributed by atoms with Crippen molar-refractivity contribution in [2.45, 2.75) is 50.9 Å². The Morgan fingerprint density at radius 2 is 1.62 bits per heavy atom. The van der Waals surface area contributed by atoms with E-state index in [1.165, 1.54) is 50.5 Å². The third-order valence-electron chi connectivity index (χ3n) is 3.63. The molecule has 1 aliphatic carbocycles. The number of phenolic OH excluding ortho intramolecular Hbond substituents is 1. The zero-order valence-electron chi connectivity index (χ0n) is 9.78. The Balaban J connectivity index is 2.11. The molecular weight excluding hydrogens is 198 g/mol. The molecule has 0 aliphatic heterocycles. The highest BCUT2D eigenvalue weighted by Crippen LogP contribution is 2.33. The van der Waals surface area contributed by atoms with Crippen molar-refractivity contribution in [3.05, 3.63) is 23.8 Å². The number of phenols is 1. The van der Waals surface area contributed by atoms with Crippen LogP contribution in [0.15, 0.2) is 18.2 Å². The number of anilines is 1. The molecule has 0 spiro atoms. The highest BCUT2D eigenvalue weighted by atomic mass is 16.3. The summed E-state index contributed by atoms with van der Waals surface area (Å²) in [6.45, 7) is 0. The van der Waals surface area contributed by atoms with Crippen LogP contribution in [0, 0.1) is 0 Å². The van der Waals surface area contributed by atoms with Crippen LogP contribution in [0.1, 0.15) is 56.4 Å². The minimum absolute atomic E-state index is 0.203. The zero-order chi connectivity index (χ0) is 11.4. The molecule has 3 N–H and O–H groups in total. The maximum absolute atomic E-state index is 9.42. The summed E-state index contributed by atoms with van der Waals surface area (Å²) >= 11 is 0. The molecule has 16 heavy (non-hydrogen) atoms. The Bertz CT molecular complexity index is 341. The van der Waals surface area contributed by atoms with Crippen LogP contribution in [-0.4, -0.2) is 5.11 Å². The molecule has 0 aromatic heterocycles. The van der Waals surface area contributed by atoms with Gasteiger partial charge in [-0.25, -0.2) is 0 Å². The number of nitrogen functional groups attached to an aromatic ring is 1. The van der Waals surface area contributed by atoms with E-state index in [4.69, 9.17) is 5.73 Å². The lowest BCUT2D eigenvalue weighted by atomic mass is 9.86. The van der Waals surface area contributed by atoms with E-state index in [1.54, 1.807) is 6.07 Å². The summed E-state index contributed by atoms with van der Waals surface area (Å²) in [5, 5.41) is 9.42. The van der Waals surface area contributed by atoms with Gasteiger partial charge in [-0.2, -0.15) is 0 Å². The van der Waals surface area contributed by atoms with Gasteiger partial charge in [-0.3, -0.25) is 0 Å². The lowest BCUT2D eigenvalue weighted by molar-refractivity contribution is 0.453.